The number of halogens is 2. The van der Waals surface area contributed by atoms with Crippen LogP contribution >= 0.6 is 46.0 Å². The normalized spacial score (nSPS) is 11.7. The van der Waals surface area contributed by atoms with Crippen molar-refractivity contribution in [1.82, 2.24) is 19.3 Å². The highest BCUT2D eigenvalue weighted by molar-refractivity contribution is 14.1. The first-order chi connectivity index (χ1) is 16.3. The number of aromatic nitrogens is 4. The Morgan fingerprint density at radius 3 is 2.41 bits per heavy atom. The van der Waals surface area contributed by atoms with Gasteiger partial charge in [-0.25, -0.2) is 4.79 Å². The number of aryl methyl sites for hydroxylation is 1. The summed E-state index contributed by atoms with van der Waals surface area (Å²) in [4.78, 5) is 12.3. The molecule has 0 unspecified atom stereocenters. The van der Waals surface area contributed by atoms with Crippen LogP contribution in [0.2, 0.25) is 5.02 Å². The number of hydrogen-bond donors (Lipinski definition) is 1. The predicted octanol–water partition coefficient (Wildman–Crippen LogP) is 6.85. The molecular weight excluding hydrogens is 583 g/mol. The van der Waals surface area contributed by atoms with E-state index in [-0.39, 0.29) is 4.91 Å². The van der Waals surface area contributed by atoms with Gasteiger partial charge in [-0.1, -0.05) is 11.6 Å². The van der Waals surface area contributed by atoms with Gasteiger partial charge in [-0.05, 0) is 121 Å². The number of carboxylic acids is 1. The van der Waals surface area contributed by atoms with Crippen LogP contribution in [-0.2, 0) is 11.3 Å². The Labute approximate surface area is 220 Å². The number of aliphatic carboxylic acids is 1. The second kappa shape index (κ2) is 10.4. The zero-order valence-corrected chi connectivity index (χ0v) is 22.5. The molecule has 2 aromatic heterocycles. The van der Waals surface area contributed by atoms with E-state index in [9.17, 15) is 9.90 Å². The molecule has 1 N–H and O–H groups in total. The van der Waals surface area contributed by atoms with Crippen LogP contribution in [0.1, 0.15) is 23.9 Å². The Bertz CT molecular complexity index is 1380. The van der Waals surface area contributed by atoms with E-state index in [0.717, 1.165) is 43.5 Å². The number of hydrogen-bond acceptors (Lipinski definition) is 4. The Morgan fingerprint density at radius 2 is 1.79 bits per heavy atom. The van der Waals surface area contributed by atoms with E-state index in [1.165, 1.54) is 0 Å². The van der Waals surface area contributed by atoms with Crippen molar-refractivity contribution in [3.63, 3.8) is 0 Å². The number of thioether (sulfide) groups is 1. The van der Waals surface area contributed by atoms with E-state index in [0.29, 0.717) is 22.5 Å². The van der Waals surface area contributed by atoms with Crippen LogP contribution in [-0.4, -0.2) is 30.4 Å². The monoisotopic (exact) mass is 604 g/mol. The van der Waals surface area contributed by atoms with Gasteiger partial charge < -0.3 is 14.2 Å². The molecule has 34 heavy (non-hydrogen) atoms. The summed E-state index contributed by atoms with van der Waals surface area (Å²) in [6, 6.07) is 17.6. The summed E-state index contributed by atoms with van der Waals surface area (Å²) in [6.07, 6.45) is 1.70. The number of rotatable bonds is 7. The molecule has 2 aromatic carbocycles. The molecule has 0 atom stereocenters. The second-order valence-corrected chi connectivity index (χ2v) is 10.3. The predicted molar refractivity (Wildman–Crippen MR) is 146 cm³/mol. The van der Waals surface area contributed by atoms with Crippen molar-refractivity contribution < 1.29 is 9.90 Å². The Morgan fingerprint density at radius 1 is 1.12 bits per heavy atom. The lowest BCUT2D eigenvalue weighted by Crippen LogP contribution is -2.03. The van der Waals surface area contributed by atoms with Crippen LogP contribution in [0.5, 0.6) is 0 Å². The van der Waals surface area contributed by atoms with E-state index in [4.69, 9.17) is 11.6 Å². The van der Waals surface area contributed by atoms with Crippen molar-refractivity contribution in [3.05, 3.63) is 85.0 Å². The summed E-state index contributed by atoms with van der Waals surface area (Å²) < 4.78 is 5.19. The molecular formula is C25H22ClIN4O2S. The maximum atomic E-state index is 12.2. The molecule has 9 heteroatoms. The minimum atomic E-state index is -1.01. The van der Waals surface area contributed by atoms with E-state index >= 15 is 0 Å². The lowest BCUT2D eigenvalue weighted by atomic mass is 10.2. The topological polar surface area (TPSA) is 72.9 Å². The number of carboxylic acid groups (broad SMARTS) is 1. The standard InChI is InChI=1S/C25H22ClIN4O2S/c1-4-30-23(17-5-7-19(26)8-6-17)28-29-25(30)34-22(24(32)33)14-18-13-15(2)31(16(18)3)21-11-9-20(27)10-12-21/h5-14H,4H2,1-3H3,(H,32,33)/b22-14-. The first-order valence-corrected chi connectivity index (χ1v) is 12.8. The summed E-state index contributed by atoms with van der Waals surface area (Å²) in [7, 11) is 0. The third kappa shape index (κ3) is 5.08. The summed E-state index contributed by atoms with van der Waals surface area (Å²) in [5.41, 5.74) is 4.75. The van der Waals surface area contributed by atoms with Crippen molar-refractivity contribution >= 4 is 58.0 Å². The van der Waals surface area contributed by atoms with Gasteiger partial charge in [0.25, 0.3) is 0 Å². The van der Waals surface area contributed by atoms with Gasteiger partial charge in [0.15, 0.2) is 11.0 Å². The van der Waals surface area contributed by atoms with E-state index in [2.05, 4.69) is 61.6 Å². The van der Waals surface area contributed by atoms with Crippen molar-refractivity contribution in [2.45, 2.75) is 32.5 Å². The number of carbonyl (C=O) groups is 1. The molecule has 0 saturated heterocycles. The molecule has 0 radical (unpaired) electrons. The zero-order chi connectivity index (χ0) is 24.4. The molecule has 0 amide bonds. The molecule has 4 rings (SSSR count). The van der Waals surface area contributed by atoms with Gasteiger partial charge in [0.2, 0.25) is 0 Å². The molecule has 0 bridgehead atoms. The molecule has 0 aliphatic carbocycles. The van der Waals surface area contributed by atoms with Crippen LogP contribution in [0.4, 0.5) is 0 Å². The minimum absolute atomic E-state index is 0.174. The SMILES string of the molecule is CCn1c(S/C(=C\c2cc(C)n(-c3ccc(I)cc3)c2C)C(=O)O)nnc1-c1ccc(Cl)cc1. The van der Waals surface area contributed by atoms with Crippen molar-refractivity contribution in [2.24, 2.45) is 0 Å². The Hall–Kier alpha value is -2.56. The zero-order valence-electron chi connectivity index (χ0n) is 18.8. The number of nitrogens with zero attached hydrogens (tertiary/aromatic N) is 4. The average molecular weight is 605 g/mol. The van der Waals surface area contributed by atoms with Gasteiger partial charge in [-0.15, -0.1) is 10.2 Å². The molecule has 0 aliphatic heterocycles. The fraction of sp³-hybridized carbons (Fsp3) is 0.160. The fourth-order valence-corrected chi connectivity index (χ4v) is 5.12. The molecule has 2 heterocycles. The largest absolute Gasteiger partial charge is 0.477 e. The molecule has 6 nitrogen and oxygen atoms in total. The van der Waals surface area contributed by atoms with Crippen molar-refractivity contribution in [2.75, 3.05) is 0 Å². The summed E-state index contributed by atoms with van der Waals surface area (Å²) in [5.74, 6) is -0.342. The molecule has 0 spiro atoms. The third-order valence-electron chi connectivity index (χ3n) is 5.39. The highest BCUT2D eigenvalue weighted by Gasteiger charge is 2.19. The van der Waals surface area contributed by atoms with Crippen LogP contribution in [0.15, 0.2) is 64.7 Å². The summed E-state index contributed by atoms with van der Waals surface area (Å²) in [6.45, 7) is 6.59. The summed E-state index contributed by atoms with van der Waals surface area (Å²) >= 11 is 9.39. The van der Waals surface area contributed by atoms with Crippen LogP contribution in [0.3, 0.4) is 0 Å². The van der Waals surface area contributed by atoms with Crippen molar-refractivity contribution in [1.29, 1.82) is 0 Å². The Kier molecular flexibility index (Phi) is 7.49. The summed E-state index contributed by atoms with van der Waals surface area (Å²) in [5, 5.41) is 19.7. The maximum Gasteiger partial charge on any atom is 0.342 e. The van der Waals surface area contributed by atoms with Gasteiger partial charge >= 0.3 is 5.97 Å². The highest BCUT2D eigenvalue weighted by Crippen LogP contribution is 2.32. The minimum Gasteiger partial charge on any atom is -0.477 e. The molecule has 174 valence electrons. The highest BCUT2D eigenvalue weighted by atomic mass is 127. The van der Waals surface area contributed by atoms with E-state index in [1.807, 2.05) is 43.5 Å². The molecule has 0 fully saturated rings. The van der Waals surface area contributed by atoms with E-state index in [1.54, 1.807) is 18.2 Å². The number of benzene rings is 2. The smallest absolute Gasteiger partial charge is 0.342 e. The lowest BCUT2D eigenvalue weighted by Gasteiger charge is -2.10. The van der Waals surface area contributed by atoms with Gasteiger partial charge in [-0.2, -0.15) is 0 Å². The molecule has 4 aromatic rings. The average Bonchev–Trinajstić information content (AvgIpc) is 3.34. The third-order valence-corrected chi connectivity index (χ3v) is 7.36. The van der Waals surface area contributed by atoms with Crippen LogP contribution < -0.4 is 0 Å². The van der Waals surface area contributed by atoms with Crippen LogP contribution in [0.25, 0.3) is 23.2 Å². The van der Waals surface area contributed by atoms with Gasteiger partial charge in [0.1, 0.15) is 4.91 Å². The first kappa shape index (κ1) is 24.6. The van der Waals surface area contributed by atoms with Gasteiger partial charge in [-0.3, -0.25) is 0 Å². The maximum absolute atomic E-state index is 12.2. The quantitative estimate of drug-likeness (QED) is 0.142. The van der Waals surface area contributed by atoms with Crippen LogP contribution in [0, 0.1) is 17.4 Å². The molecule has 0 saturated carbocycles. The van der Waals surface area contributed by atoms with Gasteiger partial charge in [0.05, 0.1) is 0 Å². The molecule has 0 aliphatic rings. The lowest BCUT2D eigenvalue weighted by molar-refractivity contribution is -0.131. The fourth-order valence-electron chi connectivity index (χ4n) is 3.76. The van der Waals surface area contributed by atoms with Gasteiger partial charge in [0, 0.05) is 37.8 Å². The second-order valence-electron chi connectivity index (χ2n) is 7.61. The van der Waals surface area contributed by atoms with Crippen molar-refractivity contribution in [3.8, 4) is 17.1 Å². The van der Waals surface area contributed by atoms with E-state index < -0.39 is 5.97 Å². The first-order valence-electron chi connectivity index (χ1n) is 10.5. The Balaban J connectivity index is 1.70.